The molecule has 1 aliphatic heterocycles. The highest BCUT2D eigenvalue weighted by atomic mass is 16.5. The van der Waals surface area contributed by atoms with Crippen molar-refractivity contribution in [1.29, 1.82) is 0 Å². The summed E-state index contributed by atoms with van der Waals surface area (Å²) in [7, 11) is 0. The zero-order chi connectivity index (χ0) is 22.0. The molecule has 0 amide bonds. The van der Waals surface area contributed by atoms with Crippen molar-refractivity contribution in [3.63, 3.8) is 0 Å². The van der Waals surface area contributed by atoms with E-state index >= 15 is 0 Å². The van der Waals surface area contributed by atoms with Gasteiger partial charge in [0.05, 0.1) is 6.61 Å². The minimum absolute atomic E-state index is 0.0882. The number of carbonyl (C=O) groups is 2. The van der Waals surface area contributed by atoms with Gasteiger partial charge >= 0.3 is 5.97 Å². The van der Waals surface area contributed by atoms with Crippen LogP contribution in [0.1, 0.15) is 61.6 Å². The molecule has 0 saturated carbocycles. The fourth-order valence-corrected chi connectivity index (χ4v) is 4.75. The maximum atomic E-state index is 13.5. The first-order valence-corrected chi connectivity index (χ1v) is 11.1. The van der Waals surface area contributed by atoms with Gasteiger partial charge in [0.1, 0.15) is 5.92 Å². The highest BCUT2D eigenvalue weighted by molar-refractivity contribution is 6.09. The van der Waals surface area contributed by atoms with Crippen LogP contribution in [0.2, 0.25) is 0 Å². The van der Waals surface area contributed by atoms with Crippen LogP contribution in [0.3, 0.4) is 0 Å². The lowest BCUT2D eigenvalue weighted by Crippen LogP contribution is -2.38. The van der Waals surface area contributed by atoms with Gasteiger partial charge in [-0.15, -0.1) is 0 Å². The van der Waals surface area contributed by atoms with Crippen molar-refractivity contribution in [3.05, 3.63) is 82.6 Å². The minimum Gasteiger partial charge on any atom is -0.465 e. The summed E-state index contributed by atoms with van der Waals surface area (Å²) in [4.78, 5) is 31.3. The lowest BCUT2D eigenvalue weighted by Gasteiger charge is -2.36. The normalized spacial score (nSPS) is 23.3. The average molecular weight is 416 g/mol. The molecule has 4 heteroatoms. The Morgan fingerprint density at radius 2 is 1.71 bits per heavy atom. The van der Waals surface area contributed by atoms with Crippen molar-refractivity contribution in [2.24, 2.45) is 10.9 Å². The lowest BCUT2D eigenvalue weighted by atomic mass is 9.69. The predicted molar refractivity (Wildman–Crippen MR) is 122 cm³/mol. The number of benzene rings is 2. The maximum absolute atomic E-state index is 13.5. The molecule has 160 valence electrons. The van der Waals surface area contributed by atoms with E-state index in [2.05, 4.69) is 12.1 Å². The molecule has 0 saturated heterocycles. The molecule has 0 bridgehead atoms. The van der Waals surface area contributed by atoms with Gasteiger partial charge in [0.25, 0.3) is 0 Å². The van der Waals surface area contributed by atoms with E-state index in [0.29, 0.717) is 25.0 Å². The standard InChI is InChI=1S/C27H29NO3/c1-4-14-31-27(30)24-18(3)28-22-15-21(19-8-6-5-7-9-19)16-23(29)26(22)25(24)20-12-10-17(2)11-13-20/h5-13,21,24-25H,4,14-16H2,1-3H3/t21-,24?,25+/m0/s1. The molecule has 31 heavy (non-hydrogen) atoms. The quantitative estimate of drug-likeness (QED) is 0.604. The largest absolute Gasteiger partial charge is 0.465 e. The van der Waals surface area contributed by atoms with Gasteiger partial charge in [-0.3, -0.25) is 14.6 Å². The van der Waals surface area contributed by atoms with Gasteiger partial charge in [-0.05, 0) is 43.7 Å². The monoisotopic (exact) mass is 415 g/mol. The van der Waals surface area contributed by atoms with E-state index in [0.717, 1.165) is 34.5 Å². The third kappa shape index (κ3) is 4.25. The first-order valence-electron chi connectivity index (χ1n) is 11.1. The van der Waals surface area contributed by atoms with E-state index in [9.17, 15) is 9.59 Å². The third-order valence-corrected chi connectivity index (χ3v) is 6.30. The van der Waals surface area contributed by atoms with Crippen LogP contribution < -0.4 is 0 Å². The molecule has 2 aliphatic rings. The van der Waals surface area contributed by atoms with Crippen LogP contribution in [0.4, 0.5) is 0 Å². The Balaban J connectivity index is 1.77. The number of aliphatic imine (C=N–C) groups is 1. The van der Waals surface area contributed by atoms with E-state index in [4.69, 9.17) is 9.73 Å². The summed E-state index contributed by atoms with van der Waals surface area (Å²) in [5.74, 6) is -0.999. The molecule has 0 spiro atoms. The summed E-state index contributed by atoms with van der Waals surface area (Å²) in [5.41, 5.74) is 5.52. The Labute approximate surface area is 184 Å². The average Bonchev–Trinajstić information content (AvgIpc) is 2.77. The smallest absolute Gasteiger partial charge is 0.315 e. The molecule has 3 atom stereocenters. The van der Waals surface area contributed by atoms with Crippen LogP contribution >= 0.6 is 0 Å². The molecule has 4 rings (SSSR count). The topological polar surface area (TPSA) is 55.7 Å². The molecule has 0 N–H and O–H groups in total. The maximum Gasteiger partial charge on any atom is 0.315 e. The Hall–Kier alpha value is -3.01. The number of rotatable bonds is 5. The van der Waals surface area contributed by atoms with Gasteiger partial charge < -0.3 is 4.74 Å². The van der Waals surface area contributed by atoms with Crippen molar-refractivity contribution in [3.8, 4) is 0 Å². The van der Waals surface area contributed by atoms with Crippen LogP contribution in [-0.2, 0) is 14.3 Å². The second-order valence-corrected chi connectivity index (χ2v) is 8.59. The van der Waals surface area contributed by atoms with Gasteiger partial charge in [0, 0.05) is 29.3 Å². The summed E-state index contributed by atoms with van der Waals surface area (Å²) in [6, 6.07) is 18.3. The predicted octanol–water partition coefficient (Wildman–Crippen LogP) is 5.52. The van der Waals surface area contributed by atoms with Crippen molar-refractivity contribution in [2.45, 2.75) is 51.9 Å². The fraction of sp³-hybridized carbons (Fsp3) is 0.370. The second-order valence-electron chi connectivity index (χ2n) is 8.59. The second kappa shape index (κ2) is 9.01. The zero-order valence-electron chi connectivity index (χ0n) is 18.4. The van der Waals surface area contributed by atoms with Gasteiger partial charge in [-0.2, -0.15) is 0 Å². The Bertz CT molecular complexity index is 1030. The summed E-state index contributed by atoms with van der Waals surface area (Å²) < 4.78 is 5.53. The van der Waals surface area contributed by atoms with Crippen molar-refractivity contribution >= 4 is 17.5 Å². The highest BCUT2D eigenvalue weighted by Crippen LogP contribution is 2.46. The summed E-state index contributed by atoms with van der Waals surface area (Å²) >= 11 is 0. The van der Waals surface area contributed by atoms with Crippen LogP contribution in [0.15, 0.2) is 70.9 Å². The molecule has 1 heterocycles. The molecule has 0 radical (unpaired) electrons. The summed E-state index contributed by atoms with van der Waals surface area (Å²) in [6.07, 6.45) is 1.91. The van der Waals surface area contributed by atoms with Crippen LogP contribution in [0.25, 0.3) is 0 Å². The third-order valence-electron chi connectivity index (χ3n) is 6.30. The van der Waals surface area contributed by atoms with E-state index in [1.807, 2.05) is 63.2 Å². The highest BCUT2D eigenvalue weighted by Gasteiger charge is 2.44. The van der Waals surface area contributed by atoms with Crippen molar-refractivity contribution in [2.75, 3.05) is 6.61 Å². The number of carbonyl (C=O) groups excluding carboxylic acids is 2. The fourth-order valence-electron chi connectivity index (χ4n) is 4.75. The molecule has 1 unspecified atom stereocenters. The van der Waals surface area contributed by atoms with Gasteiger partial charge in [-0.1, -0.05) is 67.1 Å². The number of Topliss-reactive ketones (excluding diaryl/α,β-unsaturated/α-hetero) is 1. The number of hydrogen-bond acceptors (Lipinski definition) is 4. The van der Waals surface area contributed by atoms with Gasteiger partial charge in [0.15, 0.2) is 5.78 Å². The zero-order valence-corrected chi connectivity index (χ0v) is 18.4. The number of hydrogen-bond donors (Lipinski definition) is 0. The molecule has 0 fully saturated rings. The minimum atomic E-state index is -0.565. The number of allylic oxidation sites excluding steroid dienone is 2. The number of aryl methyl sites for hydroxylation is 1. The van der Waals surface area contributed by atoms with E-state index in [1.165, 1.54) is 0 Å². The number of nitrogens with zero attached hydrogens (tertiary/aromatic N) is 1. The number of ketones is 1. The summed E-state index contributed by atoms with van der Waals surface area (Å²) in [6.45, 7) is 6.27. The van der Waals surface area contributed by atoms with Crippen molar-refractivity contribution in [1.82, 2.24) is 0 Å². The van der Waals surface area contributed by atoms with Gasteiger partial charge in [0.2, 0.25) is 0 Å². The summed E-state index contributed by atoms with van der Waals surface area (Å²) in [5, 5.41) is 0. The lowest BCUT2D eigenvalue weighted by molar-refractivity contribution is -0.146. The van der Waals surface area contributed by atoms with Crippen LogP contribution in [0, 0.1) is 12.8 Å². The van der Waals surface area contributed by atoms with E-state index in [1.54, 1.807) is 0 Å². The Morgan fingerprint density at radius 1 is 1.00 bits per heavy atom. The molecule has 4 nitrogen and oxygen atoms in total. The first kappa shape index (κ1) is 21.2. The Morgan fingerprint density at radius 3 is 2.39 bits per heavy atom. The van der Waals surface area contributed by atoms with Crippen LogP contribution in [-0.4, -0.2) is 24.1 Å². The molecular weight excluding hydrogens is 386 g/mol. The van der Waals surface area contributed by atoms with Gasteiger partial charge in [-0.25, -0.2) is 0 Å². The molecule has 1 aliphatic carbocycles. The molecule has 0 aromatic heterocycles. The first-order chi connectivity index (χ1) is 15.0. The number of ether oxygens (including phenoxy) is 1. The van der Waals surface area contributed by atoms with E-state index in [-0.39, 0.29) is 23.6 Å². The van der Waals surface area contributed by atoms with E-state index < -0.39 is 5.92 Å². The SMILES string of the molecule is CCCOC(=O)C1C(C)=NC2=C(C(=O)C[C@@H](c3ccccc3)C2)[C@@H]1c1ccc(C)cc1. The van der Waals surface area contributed by atoms with Crippen molar-refractivity contribution < 1.29 is 14.3 Å². The Kier molecular flexibility index (Phi) is 6.17. The molecule has 2 aromatic rings. The van der Waals surface area contributed by atoms with Crippen LogP contribution in [0.5, 0.6) is 0 Å². The molecular formula is C27H29NO3. The number of esters is 1. The molecule has 2 aromatic carbocycles.